The molecule has 130 valence electrons. The van der Waals surface area contributed by atoms with Gasteiger partial charge in [-0.2, -0.15) is 4.98 Å². The number of hydrogen-bond donors (Lipinski definition) is 0. The van der Waals surface area contributed by atoms with Crippen LogP contribution in [-0.4, -0.2) is 40.7 Å². The van der Waals surface area contributed by atoms with E-state index < -0.39 is 6.10 Å². The van der Waals surface area contributed by atoms with Crippen LogP contribution in [0.1, 0.15) is 25.6 Å². The molecule has 0 unspecified atom stereocenters. The number of rotatable bonds is 8. The number of methoxy groups -OCH3 is 1. The first kappa shape index (κ1) is 18.2. The number of hydrogen-bond acceptors (Lipinski definition) is 6. The van der Waals surface area contributed by atoms with E-state index in [0.717, 1.165) is 0 Å². The normalized spacial score (nSPS) is 12.0. The summed E-state index contributed by atoms with van der Waals surface area (Å²) >= 11 is 5.92. The van der Waals surface area contributed by atoms with Gasteiger partial charge in [0.2, 0.25) is 5.89 Å². The topological polar surface area (TPSA) is 77.7 Å². The van der Waals surface area contributed by atoms with E-state index >= 15 is 0 Å². The molecule has 8 heteroatoms. The molecule has 24 heavy (non-hydrogen) atoms. The van der Waals surface area contributed by atoms with Gasteiger partial charge in [-0.3, -0.25) is 4.79 Å². The Morgan fingerprint density at radius 2 is 2.25 bits per heavy atom. The predicted octanol–water partition coefficient (Wildman–Crippen LogP) is 2.69. The summed E-state index contributed by atoms with van der Waals surface area (Å²) in [4.78, 5) is 18.3. The molecule has 1 amide bonds. The molecular weight excluding hydrogens is 334 g/mol. The van der Waals surface area contributed by atoms with Crippen molar-refractivity contribution >= 4 is 17.5 Å². The number of likely N-dealkylation sites (N-methyl/N-ethyl adjacent to an activating group) is 1. The largest absolute Gasteiger partial charge is 0.481 e. The van der Waals surface area contributed by atoms with E-state index in [0.29, 0.717) is 29.0 Å². The monoisotopic (exact) mass is 353 g/mol. The van der Waals surface area contributed by atoms with E-state index in [2.05, 4.69) is 10.1 Å². The highest BCUT2D eigenvalue weighted by molar-refractivity contribution is 6.30. The van der Waals surface area contributed by atoms with Gasteiger partial charge in [0.05, 0.1) is 0 Å². The Morgan fingerprint density at radius 1 is 1.46 bits per heavy atom. The van der Waals surface area contributed by atoms with E-state index in [1.54, 1.807) is 43.2 Å². The molecule has 0 aliphatic rings. The first-order chi connectivity index (χ1) is 11.5. The zero-order chi connectivity index (χ0) is 17.5. The molecule has 0 aliphatic heterocycles. The number of halogens is 1. The highest BCUT2D eigenvalue weighted by Gasteiger charge is 2.23. The third-order valence-corrected chi connectivity index (χ3v) is 3.49. The summed E-state index contributed by atoms with van der Waals surface area (Å²) in [5, 5.41) is 4.33. The van der Waals surface area contributed by atoms with Crippen molar-refractivity contribution < 1.29 is 18.8 Å². The molecule has 7 nitrogen and oxygen atoms in total. The summed E-state index contributed by atoms with van der Waals surface area (Å²) in [6.07, 6.45) is -0.662. The van der Waals surface area contributed by atoms with Crippen molar-refractivity contribution in [3.05, 3.63) is 41.0 Å². The fourth-order valence-corrected chi connectivity index (χ4v) is 2.28. The molecule has 0 saturated carbocycles. The minimum Gasteiger partial charge on any atom is -0.481 e. The van der Waals surface area contributed by atoms with Crippen LogP contribution in [0.5, 0.6) is 5.75 Å². The molecule has 0 bridgehead atoms. The van der Waals surface area contributed by atoms with E-state index in [1.807, 2.05) is 6.92 Å². The highest BCUT2D eigenvalue weighted by atomic mass is 35.5. The lowest BCUT2D eigenvalue weighted by Crippen LogP contribution is -2.40. The first-order valence-electron chi connectivity index (χ1n) is 7.55. The maximum absolute atomic E-state index is 12.6. The van der Waals surface area contributed by atoms with Crippen LogP contribution < -0.4 is 4.74 Å². The van der Waals surface area contributed by atoms with Gasteiger partial charge in [0.1, 0.15) is 18.9 Å². The summed E-state index contributed by atoms with van der Waals surface area (Å²) in [5.74, 6) is 1.16. The molecule has 0 fully saturated rings. The average molecular weight is 354 g/mol. The third kappa shape index (κ3) is 4.94. The standard InChI is InChI=1S/C16H20ClN3O4/c1-4-20(9-15-18-14(10-22-3)19-24-15)16(21)11(2)23-13-7-5-6-12(17)8-13/h5-8,11H,4,9-10H2,1-3H3/t11-/m1/s1. The molecule has 2 rings (SSSR count). The molecule has 0 radical (unpaired) electrons. The molecular formula is C16H20ClN3O4. The molecule has 1 atom stereocenters. The fraction of sp³-hybridized carbons (Fsp3) is 0.438. The minimum absolute atomic E-state index is 0.177. The molecule has 1 heterocycles. The molecule has 0 aliphatic carbocycles. The SMILES string of the molecule is CCN(Cc1nc(COC)no1)C(=O)[C@@H](C)Oc1cccc(Cl)c1. The highest BCUT2D eigenvalue weighted by Crippen LogP contribution is 2.19. The number of amides is 1. The van der Waals surface area contributed by atoms with Crippen molar-refractivity contribution in [1.29, 1.82) is 0 Å². The van der Waals surface area contributed by atoms with Crippen LogP contribution in [0.4, 0.5) is 0 Å². The molecule has 0 N–H and O–H groups in total. The molecule has 0 spiro atoms. The summed E-state index contributed by atoms with van der Waals surface area (Å²) in [6.45, 7) is 4.53. The van der Waals surface area contributed by atoms with Crippen LogP contribution in [-0.2, 0) is 22.7 Å². The summed E-state index contributed by atoms with van der Waals surface area (Å²) in [7, 11) is 1.55. The van der Waals surface area contributed by atoms with E-state index in [4.69, 9.17) is 25.6 Å². The van der Waals surface area contributed by atoms with Gasteiger partial charge in [-0.15, -0.1) is 0 Å². The Balaban J connectivity index is 1.98. The van der Waals surface area contributed by atoms with Gasteiger partial charge in [0.25, 0.3) is 5.91 Å². The first-order valence-corrected chi connectivity index (χ1v) is 7.92. The lowest BCUT2D eigenvalue weighted by molar-refractivity contribution is -0.138. The third-order valence-electron chi connectivity index (χ3n) is 3.26. The zero-order valence-corrected chi connectivity index (χ0v) is 14.6. The van der Waals surface area contributed by atoms with Gasteiger partial charge in [0, 0.05) is 18.7 Å². The molecule has 1 aromatic heterocycles. The van der Waals surface area contributed by atoms with Crippen LogP contribution in [0.2, 0.25) is 5.02 Å². The molecule has 2 aromatic rings. The van der Waals surface area contributed by atoms with Gasteiger partial charge >= 0.3 is 0 Å². The van der Waals surface area contributed by atoms with Gasteiger partial charge < -0.3 is 18.9 Å². The van der Waals surface area contributed by atoms with Crippen LogP contribution >= 0.6 is 11.6 Å². The number of aromatic nitrogens is 2. The molecule has 0 saturated heterocycles. The second-order valence-electron chi connectivity index (χ2n) is 5.11. The van der Waals surface area contributed by atoms with Crippen molar-refractivity contribution in [1.82, 2.24) is 15.0 Å². The lowest BCUT2D eigenvalue weighted by Gasteiger charge is -2.23. The van der Waals surface area contributed by atoms with Crippen molar-refractivity contribution in [2.75, 3.05) is 13.7 Å². The Bertz CT molecular complexity index is 677. The number of carbonyl (C=O) groups is 1. The smallest absolute Gasteiger partial charge is 0.263 e. The molecule has 1 aromatic carbocycles. The second kappa shape index (κ2) is 8.65. The minimum atomic E-state index is -0.662. The van der Waals surface area contributed by atoms with E-state index in [-0.39, 0.29) is 19.1 Å². The number of ether oxygens (including phenoxy) is 2. The van der Waals surface area contributed by atoms with Gasteiger partial charge in [-0.25, -0.2) is 0 Å². The van der Waals surface area contributed by atoms with Crippen molar-refractivity contribution in [3.8, 4) is 5.75 Å². The summed E-state index contributed by atoms with van der Waals surface area (Å²) in [5.41, 5.74) is 0. The summed E-state index contributed by atoms with van der Waals surface area (Å²) in [6, 6.07) is 6.92. The Hall–Kier alpha value is -2.12. The maximum atomic E-state index is 12.6. The van der Waals surface area contributed by atoms with Crippen LogP contribution in [0.3, 0.4) is 0 Å². The lowest BCUT2D eigenvalue weighted by atomic mass is 10.3. The Labute approximate surface area is 145 Å². The average Bonchev–Trinajstić information content (AvgIpc) is 2.99. The van der Waals surface area contributed by atoms with Gasteiger partial charge in [-0.05, 0) is 32.0 Å². The Morgan fingerprint density at radius 3 is 2.92 bits per heavy atom. The summed E-state index contributed by atoms with van der Waals surface area (Å²) < 4.78 is 15.7. The second-order valence-corrected chi connectivity index (χ2v) is 5.54. The predicted molar refractivity (Wildman–Crippen MR) is 87.6 cm³/mol. The van der Waals surface area contributed by atoms with Gasteiger partial charge in [0.15, 0.2) is 11.9 Å². The van der Waals surface area contributed by atoms with Crippen molar-refractivity contribution in [2.24, 2.45) is 0 Å². The fourth-order valence-electron chi connectivity index (χ4n) is 2.10. The van der Waals surface area contributed by atoms with Crippen LogP contribution in [0.15, 0.2) is 28.8 Å². The maximum Gasteiger partial charge on any atom is 0.263 e. The van der Waals surface area contributed by atoms with Crippen molar-refractivity contribution in [3.63, 3.8) is 0 Å². The van der Waals surface area contributed by atoms with Crippen LogP contribution in [0.25, 0.3) is 0 Å². The zero-order valence-electron chi connectivity index (χ0n) is 13.9. The van der Waals surface area contributed by atoms with Crippen molar-refractivity contribution in [2.45, 2.75) is 33.1 Å². The Kier molecular flexibility index (Phi) is 6.57. The quantitative estimate of drug-likeness (QED) is 0.726. The van der Waals surface area contributed by atoms with E-state index in [1.165, 1.54) is 0 Å². The van der Waals surface area contributed by atoms with Crippen LogP contribution in [0, 0.1) is 0 Å². The van der Waals surface area contributed by atoms with Gasteiger partial charge in [-0.1, -0.05) is 22.8 Å². The number of benzene rings is 1. The number of nitrogens with zero attached hydrogens (tertiary/aromatic N) is 3. The number of carbonyl (C=O) groups excluding carboxylic acids is 1. The van der Waals surface area contributed by atoms with E-state index in [9.17, 15) is 4.79 Å².